The largest absolute Gasteiger partial charge is 0.0853 e. The van der Waals surface area contributed by atoms with Gasteiger partial charge in [0.1, 0.15) is 0 Å². The molecule has 0 saturated carbocycles. The van der Waals surface area contributed by atoms with Gasteiger partial charge in [-0.2, -0.15) is 0 Å². The lowest BCUT2D eigenvalue weighted by Crippen LogP contribution is -2.21. The van der Waals surface area contributed by atoms with Crippen LogP contribution >= 0.6 is 0 Å². The van der Waals surface area contributed by atoms with Crippen LogP contribution in [-0.4, -0.2) is 0 Å². The van der Waals surface area contributed by atoms with Crippen molar-refractivity contribution >= 4 is 0 Å². The third-order valence-electron chi connectivity index (χ3n) is 3.42. The Kier molecular flexibility index (Phi) is 2.08. The van der Waals surface area contributed by atoms with E-state index in [0.717, 1.165) is 11.8 Å². The van der Waals surface area contributed by atoms with Crippen LogP contribution in [0.2, 0.25) is 0 Å². The van der Waals surface area contributed by atoms with Crippen molar-refractivity contribution in [2.24, 2.45) is 11.8 Å². The Morgan fingerprint density at radius 3 is 2.92 bits per heavy atom. The third kappa shape index (κ3) is 1.35. The first-order valence-electron chi connectivity index (χ1n) is 5.11. The first-order valence-corrected chi connectivity index (χ1v) is 5.11. The van der Waals surface area contributed by atoms with Crippen molar-refractivity contribution in [3.8, 4) is 0 Å². The van der Waals surface area contributed by atoms with Gasteiger partial charge in [-0.3, -0.25) is 0 Å². The molecule has 2 atom stereocenters. The molecule has 0 aromatic heterocycles. The molecule has 0 aromatic rings. The molecule has 0 saturated heterocycles. The first-order chi connectivity index (χ1) is 5.77. The standard InChI is InChI=1S/C12H18/c1-9-6-7-12-10(2)4-3-5-11(12)8-9/h4,8,11-12H,3,5-7H2,1-2H3. The average Bonchev–Trinajstić information content (AvgIpc) is 2.04. The van der Waals surface area contributed by atoms with Crippen molar-refractivity contribution in [3.05, 3.63) is 23.3 Å². The highest BCUT2D eigenvalue weighted by Crippen LogP contribution is 2.39. The van der Waals surface area contributed by atoms with Crippen LogP contribution in [0.1, 0.15) is 39.5 Å². The molecule has 2 unspecified atom stereocenters. The van der Waals surface area contributed by atoms with Gasteiger partial charge >= 0.3 is 0 Å². The predicted molar refractivity (Wildman–Crippen MR) is 53.0 cm³/mol. The Balaban J connectivity index is 2.21. The van der Waals surface area contributed by atoms with Crippen molar-refractivity contribution in [3.63, 3.8) is 0 Å². The minimum atomic E-state index is 0.878. The maximum Gasteiger partial charge on any atom is -0.0140 e. The van der Waals surface area contributed by atoms with Crippen LogP contribution in [0.15, 0.2) is 23.3 Å². The smallest absolute Gasteiger partial charge is 0.0140 e. The molecule has 0 aromatic carbocycles. The molecule has 0 fully saturated rings. The van der Waals surface area contributed by atoms with Gasteiger partial charge in [0.25, 0.3) is 0 Å². The van der Waals surface area contributed by atoms with Gasteiger partial charge in [0, 0.05) is 0 Å². The van der Waals surface area contributed by atoms with Gasteiger partial charge in [-0.05, 0) is 51.4 Å². The zero-order valence-corrected chi connectivity index (χ0v) is 8.14. The predicted octanol–water partition coefficient (Wildman–Crippen LogP) is 3.70. The number of fused-ring (bicyclic) bond motifs is 1. The Morgan fingerprint density at radius 1 is 1.25 bits per heavy atom. The van der Waals surface area contributed by atoms with Gasteiger partial charge in [-0.25, -0.2) is 0 Å². The van der Waals surface area contributed by atoms with E-state index in [1.54, 1.807) is 11.1 Å². The summed E-state index contributed by atoms with van der Waals surface area (Å²) in [5, 5.41) is 0. The summed E-state index contributed by atoms with van der Waals surface area (Å²) >= 11 is 0. The molecule has 0 nitrogen and oxygen atoms in total. The SMILES string of the molecule is CC1=CC2CCC=C(C)C2CC1. The maximum absolute atomic E-state index is 2.52. The molecule has 2 rings (SSSR count). The summed E-state index contributed by atoms with van der Waals surface area (Å²) < 4.78 is 0. The zero-order chi connectivity index (χ0) is 8.55. The normalized spacial score (nSPS) is 35.2. The summed E-state index contributed by atoms with van der Waals surface area (Å²) in [5.41, 5.74) is 3.26. The van der Waals surface area contributed by atoms with Crippen LogP contribution in [0.25, 0.3) is 0 Å². The van der Waals surface area contributed by atoms with Crippen molar-refractivity contribution in [1.29, 1.82) is 0 Å². The number of allylic oxidation sites excluding steroid dienone is 4. The van der Waals surface area contributed by atoms with Gasteiger partial charge in [0.05, 0.1) is 0 Å². The maximum atomic E-state index is 2.52. The molecule has 0 bridgehead atoms. The second-order valence-corrected chi connectivity index (χ2v) is 4.35. The Hall–Kier alpha value is -0.520. The molecule has 0 heterocycles. The third-order valence-corrected chi connectivity index (χ3v) is 3.42. The molecule has 0 aliphatic heterocycles. The fourth-order valence-corrected chi connectivity index (χ4v) is 2.67. The van der Waals surface area contributed by atoms with Crippen LogP contribution in [0.5, 0.6) is 0 Å². The lowest BCUT2D eigenvalue weighted by molar-refractivity contribution is 0.363. The number of rotatable bonds is 0. The topological polar surface area (TPSA) is 0 Å². The monoisotopic (exact) mass is 162 g/mol. The van der Waals surface area contributed by atoms with Gasteiger partial charge < -0.3 is 0 Å². The lowest BCUT2D eigenvalue weighted by atomic mass is 9.72. The van der Waals surface area contributed by atoms with E-state index < -0.39 is 0 Å². The molecule has 2 aliphatic rings. The van der Waals surface area contributed by atoms with Crippen molar-refractivity contribution in [2.75, 3.05) is 0 Å². The minimum Gasteiger partial charge on any atom is -0.0853 e. The summed E-state index contributed by atoms with van der Waals surface area (Å²) in [6, 6.07) is 0. The van der Waals surface area contributed by atoms with E-state index in [9.17, 15) is 0 Å². The molecule has 2 aliphatic carbocycles. The molecule has 0 spiro atoms. The van der Waals surface area contributed by atoms with Crippen LogP contribution in [0, 0.1) is 11.8 Å². The van der Waals surface area contributed by atoms with E-state index >= 15 is 0 Å². The molecule has 0 heteroatoms. The quantitative estimate of drug-likeness (QED) is 0.476. The van der Waals surface area contributed by atoms with E-state index in [4.69, 9.17) is 0 Å². The fraction of sp³-hybridized carbons (Fsp3) is 0.667. The van der Waals surface area contributed by atoms with E-state index in [1.807, 2.05) is 0 Å². The van der Waals surface area contributed by atoms with E-state index in [1.165, 1.54) is 25.7 Å². The van der Waals surface area contributed by atoms with Crippen LogP contribution < -0.4 is 0 Å². The molecule has 12 heavy (non-hydrogen) atoms. The van der Waals surface area contributed by atoms with E-state index in [2.05, 4.69) is 26.0 Å². The molecule has 66 valence electrons. The highest BCUT2D eigenvalue weighted by molar-refractivity contribution is 5.18. The first kappa shape index (κ1) is 8.10. The van der Waals surface area contributed by atoms with Crippen molar-refractivity contribution < 1.29 is 0 Å². The van der Waals surface area contributed by atoms with Crippen LogP contribution in [0.3, 0.4) is 0 Å². The minimum absolute atomic E-state index is 0.878. The number of hydrogen-bond acceptors (Lipinski definition) is 0. The number of hydrogen-bond donors (Lipinski definition) is 0. The summed E-state index contributed by atoms with van der Waals surface area (Å²) in [5.74, 6) is 1.77. The summed E-state index contributed by atoms with van der Waals surface area (Å²) in [6.45, 7) is 4.59. The second-order valence-electron chi connectivity index (χ2n) is 4.35. The molecular formula is C12H18. The van der Waals surface area contributed by atoms with Crippen molar-refractivity contribution in [1.82, 2.24) is 0 Å². The van der Waals surface area contributed by atoms with Gasteiger partial charge in [0.2, 0.25) is 0 Å². The van der Waals surface area contributed by atoms with E-state index in [0.29, 0.717) is 0 Å². The van der Waals surface area contributed by atoms with Gasteiger partial charge in [-0.15, -0.1) is 0 Å². The van der Waals surface area contributed by atoms with E-state index in [-0.39, 0.29) is 0 Å². The Labute approximate surface area is 75.4 Å². The summed E-state index contributed by atoms with van der Waals surface area (Å²) in [6.07, 6.45) is 10.4. The average molecular weight is 162 g/mol. The molecule has 0 radical (unpaired) electrons. The summed E-state index contributed by atoms with van der Waals surface area (Å²) in [4.78, 5) is 0. The molecular weight excluding hydrogens is 144 g/mol. The molecule has 0 N–H and O–H groups in total. The molecule has 0 amide bonds. The van der Waals surface area contributed by atoms with Gasteiger partial charge in [0.15, 0.2) is 0 Å². The summed E-state index contributed by atoms with van der Waals surface area (Å²) in [7, 11) is 0. The van der Waals surface area contributed by atoms with Crippen LogP contribution in [-0.2, 0) is 0 Å². The van der Waals surface area contributed by atoms with Gasteiger partial charge in [-0.1, -0.05) is 23.3 Å². The Morgan fingerprint density at radius 2 is 2.08 bits per heavy atom. The Bertz CT molecular complexity index is 232. The fourth-order valence-electron chi connectivity index (χ4n) is 2.67. The lowest BCUT2D eigenvalue weighted by Gasteiger charge is -2.33. The van der Waals surface area contributed by atoms with Crippen molar-refractivity contribution in [2.45, 2.75) is 39.5 Å². The highest BCUT2D eigenvalue weighted by Gasteiger charge is 2.26. The second kappa shape index (κ2) is 3.08. The zero-order valence-electron chi connectivity index (χ0n) is 8.14. The van der Waals surface area contributed by atoms with Crippen LogP contribution in [0.4, 0.5) is 0 Å². The highest BCUT2D eigenvalue weighted by atomic mass is 14.3.